The van der Waals surface area contributed by atoms with Gasteiger partial charge in [-0.15, -0.1) is 0 Å². The molecule has 1 saturated carbocycles. The summed E-state index contributed by atoms with van der Waals surface area (Å²) in [6.45, 7) is 0. The monoisotopic (exact) mass is 205 g/mol. The summed E-state index contributed by atoms with van der Waals surface area (Å²) in [5, 5.41) is 2.90. The van der Waals surface area contributed by atoms with Crippen molar-refractivity contribution in [1.82, 2.24) is 10.3 Å². The highest BCUT2D eigenvalue weighted by Crippen LogP contribution is 2.37. The number of urea groups is 1. The Morgan fingerprint density at radius 2 is 2.53 bits per heavy atom. The molecule has 0 bridgehead atoms. The first kappa shape index (κ1) is 8.52. The van der Waals surface area contributed by atoms with Gasteiger partial charge in [-0.3, -0.25) is 4.90 Å². The standard InChI is InChI=1S/C10H11N3O2/c1-15-9-4-6(2-3-11-9)13-8-5-7(8)12-10(13)14/h2-4,7-8H,5H2,1H3,(H,12,14). The van der Waals surface area contributed by atoms with Gasteiger partial charge in [-0.2, -0.15) is 0 Å². The number of carbonyl (C=O) groups excluding carboxylic acids is 1. The molecule has 2 atom stereocenters. The van der Waals surface area contributed by atoms with Crippen LogP contribution in [0.4, 0.5) is 10.5 Å². The van der Waals surface area contributed by atoms with Gasteiger partial charge in [0.15, 0.2) is 0 Å². The van der Waals surface area contributed by atoms with Crippen molar-refractivity contribution in [2.75, 3.05) is 12.0 Å². The summed E-state index contributed by atoms with van der Waals surface area (Å²) in [6.07, 6.45) is 2.69. The van der Waals surface area contributed by atoms with Crippen LogP contribution in [0.2, 0.25) is 0 Å². The van der Waals surface area contributed by atoms with Crippen molar-refractivity contribution in [3.8, 4) is 5.88 Å². The highest BCUT2D eigenvalue weighted by molar-refractivity contribution is 5.97. The maximum Gasteiger partial charge on any atom is 0.322 e. The lowest BCUT2D eigenvalue weighted by Crippen LogP contribution is -2.33. The molecule has 2 amide bonds. The minimum absolute atomic E-state index is 0.0236. The van der Waals surface area contributed by atoms with Gasteiger partial charge in [0.25, 0.3) is 0 Å². The van der Waals surface area contributed by atoms with Gasteiger partial charge in [-0.25, -0.2) is 9.78 Å². The van der Waals surface area contributed by atoms with Gasteiger partial charge in [0, 0.05) is 12.3 Å². The number of hydrogen-bond donors (Lipinski definition) is 1. The van der Waals surface area contributed by atoms with E-state index >= 15 is 0 Å². The first-order valence-electron chi connectivity index (χ1n) is 4.89. The molecule has 1 aromatic heterocycles. The van der Waals surface area contributed by atoms with Gasteiger partial charge < -0.3 is 10.1 Å². The van der Waals surface area contributed by atoms with Crippen LogP contribution in [-0.4, -0.2) is 30.2 Å². The highest BCUT2D eigenvalue weighted by atomic mass is 16.5. The van der Waals surface area contributed by atoms with Gasteiger partial charge in [0.1, 0.15) is 0 Å². The topological polar surface area (TPSA) is 54.5 Å². The van der Waals surface area contributed by atoms with E-state index in [1.807, 2.05) is 6.07 Å². The van der Waals surface area contributed by atoms with Crippen LogP contribution >= 0.6 is 0 Å². The summed E-state index contributed by atoms with van der Waals surface area (Å²) in [6, 6.07) is 4.24. The first-order chi connectivity index (χ1) is 7.29. The van der Waals surface area contributed by atoms with E-state index < -0.39 is 0 Å². The number of pyridine rings is 1. The van der Waals surface area contributed by atoms with Crippen molar-refractivity contribution in [3.05, 3.63) is 18.3 Å². The third-order valence-corrected chi connectivity index (χ3v) is 2.82. The lowest BCUT2D eigenvalue weighted by Gasteiger charge is -2.17. The number of carbonyl (C=O) groups is 1. The van der Waals surface area contributed by atoms with Crippen molar-refractivity contribution in [3.63, 3.8) is 0 Å². The molecular formula is C10H11N3O2. The summed E-state index contributed by atoms with van der Waals surface area (Å²) in [5.41, 5.74) is 0.851. The summed E-state index contributed by atoms with van der Waals surface area (Å²) < 4.78 is 5.03. The van der Waals surface area contributed by atoms with Crippen LogP contribution in [0.5, 0.6) is 5.88 Å². The van der Waals surface area contributed by atoms with E-state index in [0.717, 1.165) is 12.1 Å². The Balaban J connectivity index is 1.94. The second kappa shape index (κ2) is 2.85. The second-order valence-corrected chi connectivity index (χ2v) is 3.79. The van der Waals surface area contributed by atoms with Crippen molar-refractivity contribution >= 4 is 11.7 Å². The smallest absolute Gasteiger partial charge is 0.322 e. The molecule has 3 rings (SSSR count). The molecule has 2 heterocycles. The molecule has 15 heavy (non-hydrogen) atoms. The fraction of sp³-hybridized carbons (Fsp3) is 0.400. The van der Waals surface area contributed by atoms with Crippen LogP contribution < -0.4 is 15.0 Å². The normalized spacial score (nSPS) is 27.3. The van der Waals surface area contributed by atoms with Crippen LogP contribution in [0.1, 0.15) is 6.42 Å². The maximum absolute atomic E-state index is 11.6. The Bertz CT molecular complexity index is 421. The minimum Gasteiger partial charge on any atom is -0.481 e. The molecule has 1 aliphatic carbocycles. The quantitative estimate of drug-likeness (QED) is 0.775. The second-order valence-electron chi connectivity index (χ2n) is 3.79. The van der Waals surface area contributed by atoms with E-state index in [4.69, 9.17) is 4.74 Å². The number of aromatic nitrogens is 1. The molecule has 5 nitrogen and oxygen atoms in total. The summed E-state index contributed by atoms with van der Waals surface area (Å²) in [7, 11) is 1.57. The van der Waals surface area contributed by atoms with E-state index in [-0.39, 0.29) is 6.03 Å². The number of nitrogens with zero attached hydrogens (tertiary/aromatic N) is 2. The number of anilines is 1. The van der Waals surface area contributed by atoms with E-state index in [1.165, 1.54) is 0 Å². The van der Waals surface area contributed by atoms with Gasteiger partial charge in [-0.05, 0) is 12.5 Å². The van der Waals surface area contributed by atoms with E-state index in [2.05, 4.69) is 10.3 Å². The average Bonchev–Trinajstić information content (AvgIpc) is 2.91. The highest BCUT2D eigenvalue weighted by Gasteiger charge is 2.52. The molecule has 2 aliphatic rings. The Morgan fingerprint density at radius 1 is 1.67 bits per heavy atom. The fourth-order valence-corrected chi connectivity index (χ4v) is 1.97. The number of rotatable bonds is 2. The van der Waals surface area contributed by atoms with Crippen LogP contribution in [0.15, 0.2) is 18.3 Å². The summed E-state index contributed by atoms with van der Waals surface area (Å²) in [5.74, 6) is 0.532. The van der Waals surface area contributed by atoms with Crippen LogP contribution in [0.25, 0.3) is 0 Å². The van der Waals surface area contributed by atoms with Gasteiger partial charge in [0.2, 0.25) is 5.88 Å². The molecule has 1 N–H and O–H groups in total. The molecule has 78 valence electrons. The first-order valence-corrected chi connectivity index (χ1v) is 4.89. The molecule has 2 fully saturated rings. The molecular weight excluding hydrogens is 194 g/mol. The predicted molar refractivity (Wildman–Crippen MR) is 54.0 cm³/mol. The third-order valence-electron chi connectivity index (χ3n) is 2.82. The Morgan fingerprint density at radius 3 is 3.20 bits per heavy atom. The minimum atomic E-state index is -0.0236. The fourth-order valence-electron chi connectivity index (χ4n) is 1.97. The molecule has 0 aromatic carbocycles. The maximum atomic E-state index is 11.6. The lowest BCUT2D eigenvalue weighted by molar-refractivity contribution is 0.249. The number of nitrogens with one attached hydrogen (secondary N) is 1. The predicted octanol–water partition coefficient (Wildman–Crippen LogP) is 0.761. The largest absolute Gasteiger partial charge is 0.481 e. The molecule has 1 saturated heterocycles. The van der Waals surface area contributed by atoms with E-state index in [9.17, 15) is 4.79 Å². The summed E-state index contributed by atoms with van der Waals surface area (Å²) in [4.78, 5) is 17.4. The van der Waals surface area contributed by atoms with E-state index in [1.54, 1.807) is 24.3 Å². The molecule has 0 radical (unpaired) electrons. The lowest BCUT2D eigenvalue weighted by atomic mass is 10.3. The Kier molecular flexibility index (Phi) is 1.62. The van der Waals surface area contributed by atoms with Crippen molar-refractivity contribution < 1.29 is 9.53 Å². The Labute approximate surface area is 87.0 Å². The SMILES string of the molecule is COc1cc(N2C(=O)NC3CC32)ccn1. The van der Waals surface area contributed by atoms with E-state index in [0.29, 0.717) is 18.0 Å². The zero-order valence-electron chi connectivity index (χ0n) is 8.30. The molecule has 5 heteroatoms. The van der Waals surface area contributed by atoms with Crippen LogP contribution in [-0.2, 0) is 0 Å². The Hall–Kier alpha value is -1.78. The molecule has 2 unspecified atom stereocenters. The van der Waals surface area contributed by atoms with Gasteiger partial charge in [0.05, 0.1) is 24.9 Å². The van der Waals surface area contributed by atoms with Crippen LogP contribution in [0, 0.1) is 0 Å². The summed E-state index contributed by atoms with van der Waals surface area (Å²) >= 11 is 0. The van der Waals surface area contributed by atoms with Crippen molar-refractivity contribution in [2.24, 2.45) is 0 Å². The van der Waals surface area contributed by atoms with Gasteiger partial charge >= 0.3 is 6.03 Å². The molecule has 0 spiro atoms. The number of hydrogen-bond acceptors (Lipinski definition) is 3. The van der Waals surface area contributed by atoms with Crippen molar-refractivity contribution in [2.45, 2.75) is 18.5 Å². The zero-order valence-corrected chi connectivity index (χ0v) is 8.30. The molecule has 1 aromatic rings. The molecule has 1 aliphatic heterocycles. The number of fused-ring (bicyclic) bond motifs is 1. The van der Waals surface area contributed by atoms with Gasteiger partial charge in [-0.1, -0.05) is 0 Å². The number of methoxy groups -OCH3 is 1. The van der Waals surface area contributed by atoms with Crippen LogP contribution in [0.3, 0.4) is 0 Å². The number of amides is 2. The number of ether oxygens (including phenoxy) is 1. The van der Waals surface area contributed by atoms with Crippen molar-refractivity contribution in [1.29, 1.82) is 0 Å². The third kappa shape index (κ3) is 1.23. The zero-order chi connectivity index (χ0) is 10.4. The average molecular weight is 205 g/mol.